The lowest BCUT2D eigenvalue weighted by atomic mass is 9.99. The van der Waals surface area contributed by atoms with Crippen LogP contribution in [0.3, 0.4) is 0 Å². The van der Waals surface area contributed by atoms with E-state index < -0.39 is 5.60 Å². The molecule has 146 valence electrons. The van der Waals surface area contributed by atoms with Crippen molar-refractivity contribution in [1.82, 2.24) is 10.2 Å². The molecule has 0 atom stereocenters. The number of carbonyl (C=O) groups is 1. The molecule has 0 aliphatic carbocycles. The fraction of sp³-hybridized carbons (Fsp3) is 0.526. The number of nitrogens with one attached hydrogen (secondary N) is 1. The first-order valence-corrected chi connectivity index (χ1v) is 9.69. The molecule has 0 aromatic heterocycles. The first kappa shape index (κ1) is 19.9. The average Bonchev–Trinajstić information content (AvgIpc) is 2.60. The fourth-order valence-electron chi connectivity index (χ4n) is 3.43. The first-order valence-electron chi connectivity index (χ1n) is 8.93. The van der Waals surface area contributed by atoms with Gasteiger partial charge >= 0.3 is 6.09 Å². The number of hydrogen-bond acceptors (Lipinski definition) is 5. The van der Waals surface area contributed by atoms with Gasteiger partial charge in [-0.05, 0) is 51.3 Å². The normalized spacial score (nSPS) is 17.9. The summed E-state index contributed by atoms with van der Waals surface area (Å²) < 4.78 is 5.45. The molecule has 1 fully saturated rings. The highest BCUT2D eigenvalue weighted by Gasteiger charge is 2.34. The Morgan fingerprint density at radius 1 is 1.22 bits per heavy atom. The summed E-state index contributed by atoms with van der Waals surface area (Å²) in [6.07, 6.45) is 1.09. The van der Waals surface area contributed by atoms with Gasteiger partial charge in [-0.25, -0.2) is 9.59 Å². The molecule has 1 aromatic rings. The highest BCUT2D eigenvalue weighted by atomic mass is 35.5. The van der Waals surface area contributed by atoms with E-state index in [9.17, 15) is 9.59 Å². The van der Waals surface area contributed by atoms with Crippen LogP contribution >= 0.6 is 23.2 Å². The number of fused-ring (bicyclic) bond motifs is 1. The average molecular weight is 412 g/mol. The number of rotatable bonds is 1. The van der Waals surface area contributed by atoms with Crippen molar-refractivity contribution in [3.05, 3.63) is 33.6 Å². The van der Waals surface area contributed by atoms with Gasteiger partial charge in [-0.15, -0.1) is 0 Å². The largest absolute Gasteiger partial charge is 0.444 e. The van der Waals surface area contributed by atoms with Crippen LogP contribution in [-0.2, 0) is 16.1 Å². The lowest BCUT2D eigenvalue weighted by molar-refractivity contribution is 0.0205. The van der Waals surface area contributed by atoms with Gasteiger partial charge in [-0.1, -0.05) is 23.2 Å². The number of amides is 1. The zero-order chi connectivity index (χ0) is 19.8. The van der Waals surface area contributed by atoms with Crippen LogP contribution in [0.15, 0.2) is 18.0 Å². The molecule has 1 N–H and O–H groups in total. The molecule has 2 aliphatic heterocycles. The third-order valence-corrected chi connectivity index (χ3v) is 5.37. The monoisotopic (exact) mass is 411 g/mol. The third-order valence-electron chi connectivity index (χ3n) is 4.65. The van der Waals surface area contributed by atoms with Crippen molar-refractivity contribution in [3.63, 3.8) is 0 Å². The predicted molar refractivity (Wildman–Crippen MR) is 106 cm³/mol. The topological polar surface area (TPSA) is 61.9 Å². The summed E-state index contributed by atoms with van der Waals surface area (Å²) in [4.78, 5) is 27.4. The van der Waals surface area contributed by atoms with Crippen LogP contribution in [0.1, 0.15) is 39.2 Å². The number of carbonyl (C=O) groups excluding carboxylic acids is 2. The Bertz CT molecular complexity index is 792. The Morgan fingerprint density at radius 3 is 2.44 bits per heavy atom. The highest BCUT2D eigenvalue weighted by Crippen LogP contribution is 2.37. The Morgan fingerprint density at radius 2 is 1.85 bits per heavy atom. The van der Waals surface area contributed by atoms with Crippen LogP contribution in [0.5, 0.6) is 0 Å². The molecule has 0 unspecified atom stereocenters. The zero-order valence-electron chi connectivity index (χ0n) is 15.6. The smallest absolute Gasteiger partial charge is 0.410 e. The molecule has 0 spiro atoms. The number of ether oxygens (including phenoxy) is 1. The van der Waals surface area contributed by atoms with Crippen molar-refractivity contribution >= 4 is 40.9 Å². The molecule has 6 nitrogen and oxygen atoms in total. The first-order chi connectivity index (χ1) is 12.7. The Hall–Kier alpha value is -1.88. The lowest BCUT2D eigenvalue weighted by Crippen LogP contribution is -2.51. The number of likely N-dealkylation sites (tertiary alicyclic amines) is 1. The molecule has 2 heterocycles. The van der Waals surface area contributed by atoms with Gasteiger partial charge in [0.15, 0.2) is 11.8 Å². The number of piperidine rings is 1. The van der Waals surface area contributed by atoms with Gasteiger partial charge in [0.25, 0.3) is 0 Å². The van der Waals surface area contributed by atoms with E-state index in [1.54, 1.807) is 11.0 Å². The van der Waals surface area contributed by atoms with Gasteiger partial charge in [0.2, 0.25) is 0 Å². The van der Waals surface area contributed by atoms with Crippen LogP contribution in [-0.4, -0.2) is 41.7 Å². The van der Waals surface area contributed by atoms with Gasteiger partial charge in [0.05, 0.1) is 10.0 Å². The van der Waals surface area contributed by atoms with E-state index in [2.05, 4.69) is 5.32 Å². The minimum Gasteiger partial charge on any atom is -0.444 e. The van der Waals surface area contributed by atoms with Gasteiger partial charge in [0.1, 0.15) is 5.60 Å². The van der Waals surface area contributed by atoms with E-state index in [0.717, 1.165) is 11.3 Å². The van der Waals surface area contributed by atoms with E-state index in [4.69, 9.17) is 27.9 Å². The second-order valence-corrected chi connectivity index (χ2v) is 8.58. The molecule has 2 aliphatic rings. The molecule has 27 heavy (non-hydrogen) atoms. The van der Waals surface area contributed by atoms with Gasteiger partial charge in [0, 0.05) is 31.4 Å². The fourth-order valence-corrected chi connectivity index (χ4v) is 3.77. The molecule has 1 aromatic carbocycles. The molecular weight excluding hydrogens is 389 g/mol. The molecular formula is C19H23Cl2N3O3. The molecule has 0 bridgehead atoms. The van der Waals surface area contributed by atoms with E-state index in [1.165, 1.54) is 0 Å². The van der Waals surface area contributed by atoms with Crippen LogP contribution in [0, 0.1) is 0 Å². The van der Waals surface area contributed by atoms with E-state index in [-0.39, 0.29) is 12.1 Å². The third kappa shape index (κ3) is 4.34. The van der Waals surface area contributed by atoms with Crippen molar-refractivity contribution in [1.29, 1.82) is 0 Å². The summed E-state index contributed by atoms with van der Waals surface area (Å²) in [6.45, 7) is 7.15. The molecule has 3 rings (SSSR count). The number of hydrogen-bond donors (Lipinski definition) is 1. The Labute approximate surface area is 169 Å². The van der Waals surface area contributed by atoms with Gasteiger partial charge < -0.3 is 19.9 Å². The second kappa shape index (κ2) is 7.63. The Kier molecular flexibility index (Phi) is 5.61. The van der Waals surface area contributed by atoms with Crippen LogP contribution < -0.4 is 10.2 Å². The predicted octanol–water partition coefficient (Wildman–Crippen LogP) is 3.98. The summed E-state index contributed by atoms with van der Waals surface area (Å²) in [5.74, 6) is 2.38. The minimum atomic E-state index is -0.521. The van der Waals surface area contributed by atoms with Crippen LogP contribution in [0.4, 0.5) is 10.5 Å². The standard InChI is InChI=1S/C19H23Cl2N3O3/c1-19(2,3)27-18(26)23-6-4-13(5-7-23)24-16-9-15(21)14(20)8-12(16)10-22-17(24)11-25/h8-9,13,22H,4-7,10H2,1-3H3. The zero-order valence-corrected chi connectivity index (χ0v) is 17.2. The number of benzene rings is 1. The summed E-state index contributed by atoms with van der Waals surface area (Å²) >= 11 is 12.3. The van der Waals surface area contributed by atoms with Gasteiger partial charge in [-0.3, -0.25) is 0 Å². The van der Waals surface area contributed by atoms with Crippen LogP contribution in [0.2, 0.25) is 10.0 Å². The molecule has 1 amide bonds. The SMILES string of the molecule is CC(C)(C)OC(=O)N1CCC(N2C(=C=O)NCc3cc(Cl)c(Cl)cc32)CC1. The van der Waals surface area contributed by atoms with E-state index in [1.807, 2.05) is 37.7 Å². The number of nitrogens with zero attached hydrogens (tertiary/aromatic N) is 2. The van der Waals surface area contributed by atoms with E-state index >= 15 is 0 Å². The van der Waals surface area contributed by atoms with Gasteiger partial charge in [-0.2, -0.15) is 0 Å². The van der Waals surface area contributed by atoms with Crippen molar-refractivity contribution in [3.8, 4) is 0 Å². The molecule has 1 saturated heterocycles. The number of anilines is 1. The maximum Gasteiger partial charge on any atom is 0.410 e. The minimum absolute atomic E-state index is 0.0453. The van der Waals surface area contributed by atoms with Crippen molar-refractivity contribution in [2.45, 2.75) is 51.8 Å². The summed E-state index contributed by atoms with van der Waals surface area (Å²) in [6, 6.07) is 3.65. The van der Waals surface area contributed by atoms with Crippen molar-refractivity contribution in [2.24, 2.45) is 0 Å². The van der Waals surface area contributed by atoms with Crippen LogP contribution in [0.25, 0.3) is 0 Å². The second-order valence-electron chi connectivity index (χ2n) is 7.77. The summed E-state index contributed by atoms with van der Waals surface area (Å²) in [5.41, 5.74) is 1.31. The summed E-state index contributed by atoms with van der Waals surface area (Å²) in [7, 11) is 0. The highest BCUT2D eigenvalue weighted by molar-refractivity contribution is 6.42. The molecule has 0 radical (unpaired) electrons. The lowest BCUT2D eigenvalue weighted by Gasteiger charge is -2.42. The Balaban J connectivity index is 1.78. The van der Waals surface area contributed by atoms with Crippen molar-refractivity contribution < 1.29 is 14.3 Å². The number of halogens is 2. The maximum absolute atomic E-state index is 12.3. The molecule has 8 heteroatoms. The van der Waals surface area contributed by atoms with Crippen molar-refractivity contribution in [2.75, 3.05) is 18.0 Å². The maximum atomic E-state index is 12.3. The van der Waals surface area contributed by atoms with E-state index in [0.29, 0.717) is 48.3 Å². The summed E-state index contributed by atoms with van der Waals surface area (Å²) in [5, 5.41) is 4.02. The molecule has 0 saturated carbocycles. The quantitative estimate of drug-likeness (QED) is 0.708.